The third-order valence-electron chi connectivity index (χ3n) is 1.54. The van der Waals surface area contributed by atoms with Gasteiger partial charge in [-0.25, -0.2) is 0 Å². The number of carbonyl (C=O) groups excluding carboxylic acids is 2. The fourth-order valence-electron chi connectivity index (χ4n) is 0.993. The molecule has 0 heterocycles. The van der Waals surface area contributed by atoms with Gasteiger partial charge in [0.1, 0.15) is 5.60 Å². The van der Waals surface area contributed by atoms with E-state index in [2.05, 4.69) is 5.32 Å². The van der Waals surface area contributed by atoms with Crippen LogP contribution in [0.3, 0.4) is 0 Å². The van der Waals surface area contributed by atoms with E-state index in [0.29, 0.717) is 19.5 Å². The van der Waals surface area contributed by atoms with Gasteiger partial charge in [0.15, 0.2) is 5.78 Å². The third-order valence-corrected chi connectivity index (χ3v) is 1.54. The highest BCUT2D eigenvalue weighted by molar-refractivity contribution is 5.87. The molecule has 0 bridgehead atoms. The van der Waals surface area contributed by atoms with Crippen molar-refractivity contribution in [3.05, 3.63) is 12.2 Å². The van der Waals surface area contributed by atoms with E-state index in [9.17, 15) is 9.59 Å². The minimum Gasteiger partial charge on any atom is -0.460 e. The van der Waals surface area contributed by atoms with Crippen molar-refractivity contribution in [2.45, 2.75) is 39.7 Å². The van der Waals surface area contributed by atoms with E-state index in [1.807, 2.05) is 20.8 Å². The molecule has 0 saturated carbocycles. The molecule has 0 saturated heterocycles. The predicted molar refractivity (Wildman–Crippen MR) is 63.2 cm³/mol. The molecule has 92 valence electrons. The Bertz CT molecular complexity index is 264. The summed E-state index contributed by atoms with van der Waals surface area (Å²) in [5, 5.41) is 3.02. The van der Waals surface area contributed by atoms with Gasteiger partial charge in [-0.15, -0.1) is 0 Å². The maximum absolute atomic E-state index is 11.3. The van der Waals surface area contributed by atoms with Crippen LogP contribution in [0.2, 0.25) is 0 Å². The van der Waals surface area contributed by atoms with Crippen molar-refractivity contribution in [1.82, 2.24) is 5.32 Å². The maximum atomic E-state index is 11.3. The fraction of sp³-hybridized carbons (Fsp3) is 0.667. The van der Waals surface area contributed by atoms with Crippen molar-refractivity contribution >= 4 is 11.8 Å². The molecule has 0 aliphatic carbocycles. The highest BCUT2D eigenvalue weighted by Crippen LogP contribution is 2.07. The Balaban J connectivity index is 3.53. The quantitative estimate of drug-likeness (QED) is 0.424. The number of allylic oxidation sites excluding steroid dienone is 1. The smallest absolute Gasteiger partial charge is 0.307 e. The van der Waals surface area contributed by atoms with Crippen molar-refractivity contribution in [3.8, 4) is 0 Å². The molecular formula is C12H21NO3. The summed E-state index contributed by atoms with van der Waals surface area (Å²) in [6.45, 7) is 8.16. The molecule has 0 unspecified atom stereocenters. The lowest BCUT2D eigenvalue weighted by Gasteiger charge is -2.19. The number of rotatable bonds is 6. The summed E-state index contributed by atoms with van der Waals surface area (Å²) in [7, 11) is 0. The van der Waals surface area contributed by atoms with Gasteiger partial charge in [0.05, 0.1) is 6.42 Å². The Labute approximate surface area is 97.1 Å². The summed E-state index contributed by atoms with van der Waals surface area (Å²) in [4.78, 5) is 21.8. The Morgan fingerprint density at radius 3 is 2.44 bits per heavy atom. The van der Waals surface area contributed by atoms with E-state index in [1.54, 1.807) is 6.08 Å². The number of hydrogen-bond donors (Lipinski definition) is 1. The van der Waals surface area contributed by atoms with Gasteiger partial charge in [0.2, 0.25) is 0 Å². The first-order valence-electron chi connectivity index (χ1n) is 5.41. The maximum Gasteiger partial charge on any atom is 0.307 e. The van der Waals surface area contributed by atoms with Gasteiger partial charge in [-0.1, -0.05) is 6.08 Å². The van der Waals surface area contributed by atoms with Crippen molar-refractivity contribution < 1.29 is 14.3 Å². The molecule has 1 N–H and O–H groups in total. The van der Waals surface area contributed by atoms with Crippen LogP contribution in [0.25, 0.3) is 0 Å². The molecule has 4 heteroatoms. The average molecular weight is 227 g/mol. The second-order valence-electron chi connectivity index (χ2n) is 4.55. The van der Waals surface area contributed by atoms with Gasteiger partial charge in [-0.2, -0.15) is 0 Å². The van der Waals surface area contributed by atoms with Gasteiger partial charge < -0.3 is 10.1 Å². The number of ether oxygens (including phenoxy) is 1. The van der Waals surface area contributed by atoms with E-state index >= 15 is 0 Å². The predicted octanol–water partition coefficient (Wildman–Crippen LogP) is 1.45. The zero-order valence-corrected chi connectivity index (χ0v) is 10.5. The first kappa shape index (κ1) is 14.8. The second kappa shape index (κ2) is 7.17. The number of nitrogens with one attached hydrogen (secondary N) is 1. The van der Waals surface area contributed by atoms with Crippen LogP contribution >= 0.6 is 0 Å². The van der Waals surface area contributed by atoms with Crippen LogP contribution in [0.15, 0.2) is 12.2 Å². The molecule has 0 atom stereocenters. The Hall–Kier alpha value is -1.16. The molecule has 0 aromatic carbocycles. The van der Waals surface area contributed by atoms with Crippen molar-refractivity contribution in [2.24, 2.45) is 0 Å². The highest BCUT2D eigenvalue weighted by Gasteiger charge is 2.15. The van der Waals surface area contributed by atoms with Crippen LogP contribution in [0.1, 0.15) is 34.1 Å². The van der Waals surface area contributed by atoms with E-state index in [-0.39, 0.29) is 11.8 Å². The van der Waals surface area contributed by atoms with Crippen LogP contribution in [0.5, 0.6) is 0 Å². The Morgan fingerprint density at radius 1 is 1.31 bits per heavy atom. The number of carbonyl (C=O) groups is 2. The molecule has 0 aromatic rings. The Morgan fingerprint density at radius 2 is 1.94 bits per heavy atom. The largest absolute Gasteiger partial charge is 0.460 e. The first-order chi connectivity index (χ1) is 7.31. The summed E-state index contributed by atoms with van der Waals surface area (Å²) in [6, 6.07) is 0. The number of esters is 1. The molecule has 0 rings (SSSR count). The standard InChI is InChI=1S/C12H21NO3/c1-10(14)6-5-8-13-9-7-11(15)16-12(2,3)4/h5-6,13H,7-9H2,1-4H3/b6-5+. The lowest BCUT2D eigenvalue weighted by atomic mass is 10.2. The molecule has 0 aliphatic rings. The summed E-state index contributed by atoms with van der Waals surface area (Å²) in [5.41, 5.74) is -0.425. The molecule has 0 amide bonds. The summed E-state index contributed by atoms with van der Waals surface area (Å²) in [5.74, 6) is -0.190. The number of hydrogen-bond acceptors (Lipinski definition) is 4. The SMILES string of the molecule is CC(=O)/C=C/CNCCC(=O)OC(C)(C)C. The third kappa shape index (κ3) is 10.9. The normalized spacial score (nSPS) is 11.8. The van der Waals surface area contributed by atoms with Gasteiger partial charge in [0.25, 0.3) is 0 Å². The first-order valence-corrected chi connectivity index (χ1v) is 5.41. The van der Waals surface area contributed by atoms with E-state index < -0.39 is 5.60 Å². The summed E-state index contributed by atoms with van der Waals surface area (Å²) < 4.78 is 5.13. The summed E-state index contributed by atoms with van der Waals surface area (Å²) in [6.07, 6.45) is 3.57. The zero-order valence-electron chi connectivity index (χ0n) is 10.5. The van der Waals surface area contributed by atoms with Crippen molar-refractivity contribution in [3.63, 3.8) is 0 Å². The topological polar surface area (TPSA) is 55.4 Å². The molecular weight excluding hydrogens is 206 g/mol. The van der Waals surface area contributed by atoms with Crippen LogP contribution in [-0.2, 0) is 14.3 Å². The van der Waals surface area contributed by atoms with Crippen LogP contribution in [0, 0.1) is 0 Å². The van der Waals surface area contributed by atoms with Gasteiger partial charge in [-0.05, 0) is 33.8 Å². The van der Waals surface area contributed by atoms with E-state index in [1.165, 1.54) is 13.0 Å². The second-order valence-corrected chi connectivity index (χ2v) is 4.55. The van der Waals surface area contributed by atoms with Gasteiger partial charge in [0, 0.05) is 13.1 Å². The lowest BCUT2D eigenvalue weighted by molar-refractivity contribution is -0.154. The molecule has 0 radical (unpaired) electrons. The van der Waals surface area contributed by atoms with Crippen molar-refractivity contribution in [2.75, 3.05) is 13.1 Å². The highest BCUT2D eigenvalue weighted by atomic mass is 16.6. The van der Waals surface area contributed by atoms with E-state index in [0.717, 1.165) is 0 Å². The van der Waals surface area contributed by atoms with Crippen LogP contribution in [0.4, 0.5) is 0 Å². The van der Waals surface area contributed by atoms with Crippen molar-refractivity contribution in [1.29, 1.82) is 0 Å². The molecule has 0 fully saturated rings. The number of ketones is 1. The minimum absolute atomic E-state index is 0.0222. The van der Waals surface area contributed by atoms with Crippen LogP contribution < -0.4 is 5.32 Å². The zero-order chi connectivity index (χ0) is 12.6. The minimum atomic E-state index is -0.425. The molecule has 0 aliphatic heterocycles. The monoisotopic (exact) mass is 227 g/mol. The molecule has 0 aromatic heterocycles. The van der Waals surface area contributed by atoms with Gasteiger partial charge >= 0.3 is 5.97 Å². The van der Waals surface area contributed by atoms with Gasteiger partial charge in [-0.3, -0.25) is 9.59 Å². The molecule has 0 spiro atoms. The summed E-state index contributed by atoms with van der Waals surface area (Å²) >= 11 is 0. The van der Waals surface area contributed by atoms with E-state index in [4.69, 9.17) is 4.74 Å². The molecule has 16 heavy (non-hydrogen) atoms. The Kier molecular flexibility index (Phi) is 6.65. The molecule has 4 nitrogen and oxygen atoms in total. The lowest BCUT2D eigenvalue weighted by Crippen LogP contribution is -2.26. The average Bonchev–Trinajstić information content (AvgIpc) is 2.07. The van der Waals surface area contributed by atoms with Crippen LogP contribution in [-0.4, -0.2) is 30.4 Å². The fourth-order valence-corrected chi connectivity index (χ4v) is 0.993.